The number of ketones is 1. The van der Waals surface area contributed by atoms with Gasteiger partial charge in [0.2, 0.25) is 0 Å². The Morgan fingerprint density at radius 3 is 1.47 bits per heavy atom. The normalized spacial score (nSPS) is 24.0. The summed E-state index contributed by atoms with van der Waals surface area (Å²) in [7, 11) is 4.42. The molecule has 0 N–H and O–H groups in total. The van der Waals surface area contributed by atoms with E-state index < -0.39 is 0 Å². The van der Waals surface area contributed by atoms with Crippen LogP contribution in [0.5, 0.6) is 0 Å². The lowest BCUT2D eigenvalue weighted by atomic mass is 9.76. The Kier molecular flexibility index (Phi) is 9.09. The molecule has 2 aliphatic rings. The van der Waals surface area contributed by atoms with Gasteiger partial charge in [-0.1, -0.05) is 60.3 Å². The first-order chi connectivity index (χ1) is 16.4. The first-order valence-electron chi connectivity index (χ1n) is 12.9. The van der Waals surface area contributed by atoms with Crippen LogP contribution in [0.1, 0.15) is 74.3 Å². The third-order valence-electron chi connectivity index (χ3n) is 8.09. The molecule has 2 aromatic carbocycles. The van der Waals surface area contributed by atoms with Gasteiger partial charge in [0.05, 0.1) is 0 Å². The van der Waals surface area contributed by atoms with Gasteiger partial charge in [-0.15, -0.1) is 0 Å². The molecule has 2 fully saturated rings. The molecule has 0 saturated carbocycles. The van der Waals surface area contributed by atoms with Crippen molar-refractivity contribution >= 4 is 29.0 Å². The van der Waals surface area contributed by atoms with Crippen molar-refractivity contribution in [2.24, 2.45) is 0 Å². The second-order valence-corrected chi connectivity index (χ2v) is 11.2. The van der Waals surface area contributed by atoms with Crippen LogP contribution >= 0.6 is 23.2 Å². The first kappa shape index (κ1) is 25.7. The number of nitrogens with zero attached hydrogens (tertiary/aromatic N) is 2. The number of hydrogen-bond donors (Lipinski definition) is 0. The Bertz CT molecular complexity index is 855. The molecule has 0 radical (unpaired) electrons. The third kappa shape index (κ3) is 6.43. The Labute approximate surface area is 215 Å². The Morgan fingerprint density at radius 1 is 0.735 bits per heavy atom. The van der Waals surface area contributed by atoms with E-state index in [4.69, 9.17) is 23.2 Å². The minimum Gasteiger partial charge on any atom is -0.303 e. The van der Waals surface area contributed by atoms with Gasteiger partial charge in [-0.25, -0.2) is 0 Å². The molecule has 3 nitrogen and oxygen atoms in total. The summed E-state index contributed by atoms with van der Waals surface area (Å²) in [4.78, 5) is 19.4. The predicted molar refractivity (Wildman–Crippen MR) is 143 cm³/mol. The Morgan fingerprint density at radius 2 is 1.12 bits per heavy atom. The Balaban J connectivity index is 1.67. The zero-order valence-electron chi connectivity index (χ0n) is 20.6. The minimum absolute atomic E-state index is 0.141. The molecule has 2 saturated heterocycles. The van der Waals surface area contributed by atoms with Gasteiger partial charge < -0.3 is 9.80 Å². The number of piperidine rings is 2. The van der Waals surface area contributed by atoms with Gasteiger partial charge in [0.25, 0.3) is 0 Å². The van der Waals surface area contributed by atoms with E-state index in [2.05, 4.69) is 48.2 Å². The highest BCUT2D eigenvalue weighted by Gasteiger charge is 2.35. The van der Waals surface area contributed by atoms with Crippen LogP contribution in [0, 0.1) is 0 Å². The molecule has 0 spiro atoms. The molecule has 0 aliphatic carbocycles. The fourth-order valence-electron chi connectivity index (χ4n) is 5.89. The van der Waals surface area contributed by atoms with E-state index in [-0.39, 0.29) is 11.8 Å². The molecule has 34 heavy (non-hydrogen) atoms. The number of hydrogen-bond acceptors (Lipinski definition) is 3. The molecule has 2 aliphatic heterocycles. The van der Waals surface area contributed by atoms with Crippen molar-refractivity contribution in [1.82, 2.24) is 9.80 Å². The summed E-state index contributed by atoms with van der Waals surface area (Å²) in [6.07, 6.45) is 9.01. The van der Waals surface area contributed by atoms with Gasteiger partial charge in [-0.3, -0.25) is 4.79 Å². The SMILES string of the molecule is CN1CCCCC1CC(C(=O)C(CC1CCCCN1C)c1ccc(Cl)cc1)c1ccc(Cl)cc1. The lowest BCUT2D eigenvalue weighted by molar-refractivity contribution is -0.123. The molecular weight excluding hydrogens is 463 g/mol. The van der Waals surface area contributed by atoms with Gasteiger partial charge in [0, 0.05) is 34.0 Å². The van der Waals surface area contributed by atoms with E-state index >= 15 is 0 Å². The molecule has 4 unspecified atom stereocenters. The number of halogens is 2. The predicted octanol–water partition coefficient (Wildman–Crippen LogP) is 7.18. The zero-order chi connectivity index (χ0) is 24.1. The second kappa shape index (κ2) is 12.0. The Hall–Kier alpha value is -1.39. The lowest BCUT2D eigenvalue weighted by Crippen LogP contribution is -2.40. The number of likely N-dealkylation sites (tertiary alicyclic amines) is 2. The van der Waals surface area contributed by atoms with Crippen molar-refractivity contribution in [1.29, 1.82) is 0 Å². The fraction of sp³-hybridized carbons (Fsp3) is 0.552. The molecule has 0 aromatic heterocycles. The van der Waals surface area contributed by atoms with Crippen molar-refractivity contribution in [2.75, 3.05) is 27.2 Å². The van der Waals surface area contributed by atoms with Gasteiger partial charge in [-0.2, -0.15) is 0 Å². The lowest BCUT2D eigenvalue weighted by Gasteiger charge is -2.37. The highest BCUT2D eigenvalue weighted by Crippen LogP contribution is 2.37. The third-order valence-corrected chi connectivity index (χ3v) is 8.59. The largest absolute Gasteiger partial charge is 0.303 e. The molecule has 5 heteroatoms. The maximum atomic E-state index is 14.5. The van der Waals surface area contributed by atoms with Crippen molar-refractivity contribution in [3.63, 3.8) is 0 Å². The van der Waals surface area contributed by atoms with Crippen LogP contribution in [-0.2, 0) is 4.79 Å². The molecule has 0 amide bonds. The van der Waals surface area contributed by atoms with Crippen LogP contribution in [-0.4, -0.2) is 54.9 Å². The molecule has 4 rings (SSSR count). The summed E-state index contributed by atoms with van der Waals surface area (Å²) in [5, 5.41) is 1.42. The van der Waals surface area contributed by atoms with E-state index in [1.165, 1.54) is 25.7 Å². The quantitative estimate of drug-likeness (QED) is 0.383. The fourth-order valence-corrected chi connectivity index (χ4v) is 6.15. The molecular formula is C29H38Cl2N2O. The number of carbonyl (C=O) groups excluding carboxylic acids is 1. The molecule has 184 valence electrons. The smallest absolute Gasteiger partial charge is 0.147 e. The van der Waals surface area contributed by atoms with Gasteiger partial charge in [0.15, 0.2) is 0 Å². The molecule has 2 heterocycles. The van der Waals surface area contributed by atoms with Crippen molar-refractivity contribution < 1.29 is 4.79 Å². The summed E-state index contributed by atoms with van der Waals surface area (Å²) in [6, 6.07) is 16.8. The average molecular weight is 502 g/mol. The molecule has 2 aromatic rings. The van der Waals surface area contributed by atoms with Crippen LogP contribution in [0.15, 0.2) is 48.5 Å². The van der Waals surface area contributed by atoms with Crippen LogP contribution in [0.2, 0.25) is 10.0 Å². The number of rotatable bonds is 8. The average Bonchev–Trinajstić information content (AvgIpc) is 2.84. The van der Waals surface area contributed by atoms with Crippen LogP contribution in [0.25, 0.3) is 0 Å². The van der Waals surface area contributed by atoms with E-state index in [0.29, 0.717) is 27.9 Å². The second-order valence-electron chi connectivity index (χ2n) is 10.3. The zero-order valence-corrected chi connectivity index (χ0v) is 22.1. The van der Waals surface area contributed by atoms with E-state index in [0.717, 1.165) is 49.9 Å². The van der Waals surface area contributed by atoms with Gasteiger partial charge in [0.1, 0.15) is 5.78 Å². The summed E-state index contributed by atoms with van der Waals surface area (Å²) >= 11 is 12.4. The van der Waals surface area contributed by atoms with Gasteiger partial charge >= 0.3 is 0 Å². The maximum Gasteiger partial charge on any atom is 0.147 e. The van der Waals surface area contributed by atoms with E-state index in [1.807, 2.05) is 24.3 Å². The van der Waals surface area contributed by atoms with Crippen LogP contribution < -0.4 is 0 Å². The molecule has 4 atom stereocenters. The summed E-state index contributed by atoms with van der Waals surface area (Å²) < 4.78 is 0. The number of Topliss-reactive ketones (excluding diaryl/α,β-unsaturated/α-hetero) is 1. The molecule has 0 bridgehead atoms. The van der Waals surface area contributed by atoms with E-state index in [9.17, 15) is 4.79 Å². The summed E-state index contributed by atoms with van der Waals surface area (Å²) in [5.74, 6) is 0.0531. The monoisotopic (exact) mass is 500 g/mol. The minimum atomic E-state index is -0.141. The highest BCUT2D eigenvalue weighted by atomic mass is 35.5. The topological polar surface area (TPSA) is 23.6 Å². The summed E-state index contributed by atoms with van der Waals surface area (Å²) in [6.45, 7) is 2.22. The standard InChI is InChI=1S/C29H38Cl2N2O/c1-32-17-5-3-7-25(32)19-27(21-9-13-23(30)14-10-21)29(34)28(22-11-15-24(31)16-12-22)20-26-8-4-6-18-33(26)2/h9-16,25-28H,3-8,17-20H2,1-2H3. The van der Waals surface area contributed by atoms with E-state index in [1.54, 1.807) is 0 Å². The van der Waals surface area contributed by atoms with Crippen LogP contribution in [0.3, 0.4) is 0 Å². The van der Waals surface area contributed by atoms with Crippen molar-refractivity contribution in [3.05, 3.63) is 69.7 Å². The number of carbonyl (C=O) groups is 1. The summed E-state index contributed by atoms with van der Waals surface area (Å²) in [5.41, 5.74) is 2.17. The highest BCUT2D eigenvalue weighted by molar-refractivity contribution is 6.30. The number of benzene rings is 2. The first-order valence-corrected chi connectivity index (χ1v) is 13.6. The van der Waals surface area contributed by atoms with Crippen LogP contribution in [0.4, 0.5) is 0 Å². The van der Waals surface area contributed by atoms with Crippen molar-refractivity contribution in [3.8, 4) is 0 Å². The van der Waals surface area contributed by atoms with Gasteiger partial charge in [-0.05, 0) is 101 Å². The maximum absolute atomic E-state index is 14.5. The van der Waals surface area contributed by atoms with Crippen molar-refractivity contribution in [2.45, 2.75) is 75.3 Å².